The second kappa shape index (κ2) is 4.37. The van der Waals surface area contributed by atoms with Gasteiger partial charge in [0.05, 0.1) is 17.4 Å². The van der Waals surface area contributed by atoms with E-state index in [-0.39, 0.29) is 0 Å². The van der Waals surface area contributed by atoms with Gasteiger partial charge < -0.3 is 5.73 Å². The molecule has 90 valence electrons. The molecule has 0 amide bonds. The zero-order chi connectivity index (χ0) is 12.7. The Kier molecular flexibility index (Phi) is 2.83. The second-order valence-corrected chi connectivity index (χ2v) is 5.54. The first kappa shape index (κ1) is 11.7. The number of pyridine rings is 1. The molecule has 2 N–H and O–H groups in total. The Morgan fingerprint density at radius 2 is 2.00 bits per heavy atom. The summed E-state index contributed by atoms with van der Waals surface area (Å²) in [7, 11) is 0. The van der Waals surface area contributed by atoms with Crippen LogP contribution in [0.15, 0.2) is 45.6 Å². The third-order valence-electron chi connectivity index (χ3n) is 2.63. The van der Waals surface area contributed by atoms with Gasteiger partial charge in [-0.2, -0.15) is 0 Å². The third kappa shape index (κ3) is 1.81. The second-order valence-electron chi connectivity index (χ2n) is 3.77. The quantitative estimate of drug-likeness (QED) is 0.715. The molecular weight excluding hydrogens is 360 g/mol. The summed E-state index contributed by atoms with van der Waals surface area (Å²) in [4.78, 5) is 8.35. The lowest BCUT2D eigenvalue weighted by molar-refractivity contribution is 1.10. The summed E-state index contributed by atoms with van der Waals surface area (Å²) in [6.07, 6.45) is 3.43. The van der Waals surface area contributed by atoms with E-state index in [0.29, 0.717) is 5.95 Å². The van der Waals surface area contributed by atoms with Crippen molar-refractivity contribution >= 4 is 48.8 Å². The van der Waals surface area contributed by atoms with Crippen molar-refractivity contribution < 1.29 is 0 Å². The maximum absolute atomic E-state index is 5.98. The molecule has 0 unspecified atom stereocenters. The Labute approximate surface area is 120 Å². The van der Waals surface area contributed by atoms with Crippen LogP contribution in [-0.2, 0) is 0 Å². The summed E-state index contributed by atoms with van der Waals surface area (Å²) < 4.78 is 3.84. The molecule has 4 nitrogen and oxygen atoms in total. The zero-order valence-electron chi connectivity index (χ0n) is 9.14. The fraction of sp³-hybridized carbons (Fsp3) is 0. The van der Waals surface area contributed by atoms with Crippen LogP contribution in [0.2, 0.25) is 0 Å². The van der Waals surface area contributed by atoms with Crippen molar-refractivity contribution in [1.29, 1.82) is 0 Å². The van der Waals surface area contributed by atoms with Crippen LogP contribution in [0, 0.1) is 0 Å². The van der Waals surface area contributed by atoms with Crippen LogP contribution in [0.3, 0.4) is 0 Å². The number of nitrogen functional groups attached to an aromatic ring is 1. The van der Waals surface area contributed by atoms with Crippen molar-refractivity contribution in [2.45, 2.75) is 0 Å². The first-order chi connectivity index (χ1) is 8.66. The first-order valence-electron chi connectivity index (χ1n) is 5.20. The highest BCUT2D eigenvalue weighted by atomic mass is 79.9. The van der Waals surface area contributed by atoms with E-state index in [0.717, 1.165) is 25.7 Å². The van der Waals surface area contributed by atoms with Gasteiger partial charge in [0.1, 0.15) is 5.52 Å². The van der Waals surface area contributed by atoms with Crippen LogP contribution in [0.5, 0.6) is 0 Å². The van der Waals surface area contributed by atoms with Crippen molar-refractivity contribution in [3.63, 3.8) is 0 Å². The summed E-state index contributed by atoms with van der Waals surface area (Å²) in [6.45, 7) is 0. The average molecular weight is 368 g/mol. The van der Waals surface area contributed by atoms with Gasteiger partial charge in [-0.1, -0.05) is 15.9 Å². The van der Waals surface area contributed by atoms with Crippen LogP contribution in [0.1, 0.15) is 0 Å². The van der Waals surface area contributed by atoms with Crippen LogP contribution in [0.25, 0.3) is 16.7 Å². The molecule has 0 bridgehead atoms. The zero-order valence-corrected chi connectivity index (χ0v) is 12.3. The van der Waals surface area contributed by atoms with Gasteiger partial charge in [-0.05, 0) is 40.2 Å². The van der Waals surface area contributed by atoms with Crippen LogP contribution >= 0.6 is 31.9 Å². The minimum Gasteiger partial charge on any atom is -0.369 e. The minimum atomic E-state index is 0.445. The van der Waals surface area contributed by atoms with Crippen molar-refractivity contribution in [3.05, 3.63) is 45.6 Å². The highest BCUT2D eigenvalue weighted by molar-refractivity contribution is 9.11. The molecule has 0 radical (unpaired) electrons. The Morgan fingerprint density at radius 1 is 1.17 bits per heavy atom. The van der Waals surface area contributed by atoms with E-state index in [2.05, 4.69) is 41.8 Å². The minimum absolute atomic E-state index is 0.445. The van der Waals surface area contributed by atoms with Gasteiger partial charge in [0.25, 0.3) is 0 Å². The first-order valence-corrected chi connectivity index (χ1v) is 6.79. The summed E-state index contributed by atoms with van der Waals surface area (Å²) in [5.74, 6) is 0.445. The smallest absolute Gasteiger partial charge is 0.206 e. The van der Waals surface area contributed by atoms with E-state index in [9.17, 15) is 0 Å². The fourth-order valence-electron chi connectivity index (χ4n) is 1.87. The van der Waals surface area contributed by atoms with Gasteiger partial charge in [0.15, 0.2) is 0 Å². The molecule has 2 heterocycles. The van der Waals surface area contributed by atoms with Gasteiger partial charge in [-0.25, -0.2) is 4.98 Å². The van der Waals surface area contributed by atoms with E-state index < -0.39 is 0 Å². The molecule has 0 atom stereocenters. The van der Waals surface area contributed by atoms with Gasteiger partial charge >= 0.3 is 0 Å². The average Bonchev–Trinajstić information content (AvgIpc) is 2.66. The van der Waals surface area contributed by atoms with Gasteiger partial charge in [0, 0.05) is 15.1 Å². The number of nitrogens with zero attached hydrogens (tertiary/aromatic N) is 3. The molecule has 0 saturated carbocycles. The highest BCUT2D eigenvalue weighted by Gasteiger charge is 2.12. The third-order valence-corrected chi connectivity index (χ3v) is 3.76. The largest absolute Gasteiger partial charge is 0.369 e. The van der Waals surface area contributed by atoms with Crippen LogP contribution in [-0.4, -0.2) is 14.5 Å². The molecule has 2 aromatic heterocycles. The number of aromatic nitrogens is 3. The predicted octanol–water partition coefficient (Wildman–Crippen LogP) is 3.53. The molecule has 0 saturated heterocycles. The molecule has 0 fully saturated rings. The van der Waals surface area contributed by atoms with Crippen molar-refractivity contribution in [3.8, 4) is 5.69 Å². The lowest BCUT2D eigenvalue weighted by Crippen LogP contribution is -2.01. The number of hydrogen-bond donors (Lipinski definition) is 1. The van der Waals surface area contributed by atoms with Gasteiger partial charge in [-0.3, -0.25) is 9.55 Å². The van der Waals surface area contributed by atoms with Gasteiger partial charge in [0.2, 0.25) is 5.95 Å². The monoisotopic (exact) mass is 366 g/mol. The molecule has 0 aliphatic rings. The molecule has 3 rings (SSSR count). The molecule has 6 heteroatoms. The molecule has 0 aliphatic carbocycles. The number of imidazole rings is 1. The standard InChI is InChI=1S/C12H8Br2N4/c13-7-1-2-10(8(14)5-7)18-11-3-4-16-6-9(11)17-12(18)15/h1-6H,(H2,15,17). The molecule has 1 aromatic carbocycles. The fourth-order valence-corrected chi connectivity index (χ4v) is 3.09. The topological polar surface area (TPSA) is 56.7 Å². The van der Waals surface area contributed by atoms with Crippen molar-refractivity contribution in [2.75, 3.05) is 5.73 Å². The molecule has 3 aromatic rings. The number of nitrogens with two attached hydrogens (primary N) is 1. The van der Waals surface area contributed by atoms with Crippen molar-refractivity contribution in [1.82, 2.24) is 14.5 Å². The lowest BCUT2D eigenvalue weighted by Gasteiger charge is -2.09. The normalized spacial score (nSPS) is 11.0. The molecular formula is C12H8Br2N4. The summed E-state index contributed by atoms with van der Waals surface area (Å²) >= 11 is 6.97. The van der Waals surface area contributed by atoms with E-state index in [4.69, 9.17) is 5.73 Å². The maximum Gasteiger partial charge on any atom is 0.206 e. The van der Waals surface area contributed by atoms with E-state index in [1.165, 1.54) is 0 Å². The molecule has 18 heavy (non-hydrogen) atoms. The number of fused-ring (bicyclic) bond motifs is 1. The number of benzene rings is 1. The van der Waals surface area contributed by atoms with Crippen molar-refractivity contribution in [2.24, 2.45) is 0 Å². The summed E-state index contributed by atoms with van der Waals surface area (Å²) in [5.41, 5.74) is 8.65. The summed E-state index contributed by atoms with van der Waals surface area (Å²) in [5, 5.41) is 0. The number of halogens is 2. The predicted molar refractivity (Wildman–Crippen MR) is 78.7 cm³/mol. The Hall–Kier alpha value is -1.40. The highest BCUT2D eigenvalue weighted by Crippen LogP contribution is 2.29. The Bertz CT molecular complexity index is 736. The number of anilines is 1. The SMILES string of the molecule is Nc1nc2cnccc2n1-c1ccc(Br)cc1Br. The lowest BCUT2D eigenvalue weighted by atomic mass is 10.3. The number of rotatable bonds is 1. The Balaban J connectivity index is 2.34. The molecule has 0 spiro atoms. The van der Waals surface area contributed by atoms with Crippen LogP contribution < -0.4 is 5.73 Å². The Morgan fingerprint density at radius 3 is 2.78 bits per heavy atom. The number of hydrogen-bond acceptors (Lipinski definition) is 3. The van der Waals surface area contributed by atoms with E-state index in [1.807, 2.05) is 28.8 Å². The summed E-state index contributed by atoms with van der Waals surface area (Å²) in [6, 6.07) is 7.81. The van der Waals surface area contributed by atoms with E-state index in [1.54, 1.807) is 12.4 Å². The van der Waals surface area contributed by atoms with E-state index >= 15 is 0 Å². The molecule has 0 aliphatic heterocycles. The van der Waals surface area contributed by atoms with Crippen LogP contribution in [0.4, 0.5) is 5.95 Å². The van der Waals surface area contributed by atoms with Gasteiger partial charge in [-0.15, -0.1) is 0 Å². The maximum atomic E-state index is 5.98.